The van der Waals surface area contributed by atoms with Crippen molar-refractivity contribution in [1.82, 2.24) is 15.2 Å². The monoisotopic (exact) mass is 378 g/mol. The minimum atomic E-state index is -4.33. The zero-order valence-electron chi connectivity index (χ0n) is 14.7. The number of rotatable bonds is 4. The topological polar surface area (TPSA) is 48.5 Å². The molecule has 1 aromatic heterocycles. The van der Waals surface area contributed by atoms with Gasteiger partial charge in [0.05, 0.1) is 5.56 Å². The summed E-state index contributed by atoms with van der Waals surface area (Å²) >= 11 is 0. The molecule has 0 spiro atoms. The number of carbonyl (C=O) groups is 1. The predicted octanol–water partition coefficient (Wildman–Crippen LogP) is 3.17. The lowest BCUT2D eigenvalue weighted by molar-refractivity contribution is -0.137. The fourth-order valence-electron chi connectivity index (χ4n) is 3.01. The van der Waals surface area contributed by atoms with Crippen molar-refractivity contribution < 1.29 is 18.0 Å². The van der Waals surface area contributed by atoms with E-state index in [1.807, 2.05) is 12.1 Å². The second kappa shape index (κ2) is 8.28. The first kappa shape index (κ1) is 19.0. The maximum atomic E-state index is 12.6. The number of nitrogens with zero attached hydrogens (tertiary/aromatic N) is 3. The molecular formula is C19H21F3N4O. The van der Waals surface area contributed by atoms with Crippen LogP contribution in [-0.2, 0) is 12.6 Å². The van der Waals surface area contributed by atoms with Crippen LogP contribution in [0, 0.1) is 0 Å². The number of urea groups is 1. The average molecular weight is 378 g/mol. The van der Waals surface area contributed by atoms with Crippen LogP contribution in [0.25, 0.3) is 0 Å². The predicted molar refractivity (Wildman–Crippen MR) is 96.6 cm³/mol. The van der Waals surface area contributed by atoms with Crippen molar-refractivity contribution in [2.45, 2.75) is 12.6 Å². The highest BCUT2D eigenvalue weighted by Crippen LogP contribution is 2.29. The van der Waals surface area contributed by atoms with Gasteiger partial charge in [-0.3, -0.25) is 4.98 Å². The van der Waals surface area contributed by atoms with E-state index >= 15 is 0 Å². The van der Waals surface area contributed by atoms with Gasteiger partial charge in [-0.1, -0.05) is 12.1 Å². The summed E-state index contributed by atoms with van der Waals surface area (Å²) < 4.78 is 37.7. The fraction of sp³-hybridized carbons (Fsp3) is 0.368. The number of pyridine rings is 1. The SMILES string of the molecule is O=C(NCCc1ccc(C(F)(F)F)cc1)N1CCN(c2ccncc2)CC1. The van der Waals surface area contributed by atoms with E-state index in [9.17, 15) is 18.0 Å². The smallest absolute Gasteiger partial charge is 0.368 e. The molecule has 0 saturated carbocycles. The fourth-order valence-corrected chi connectivity index (χ4v) is 3.01. The molecule has 0 bridgehead atoms. The number of amides is 2. The van der Waals surface area contributed by atoms with Gasteiger partial charge in [-0.05, 0) is 36.2 Å². The number of alkyl halides is 3. The van der Waals surface area contributed by atoms with E-state index in [0.29, 0.717) is 26.1 Å². The average Bonchev–Trinajstić information content (AvgIpc) is 2.68. The Bertz CT molecular complexity index is 742. The minimum absolute atomic E-state index is 0.142. The third kappa shape index (κ3) is 5.12. The van der Waals surface area contributed by atoms with Crippen LogP contribution in [0.2, 0.25) is 0 Å². The Hall–Kier alpha value is -2.77. The van der Waals surface area contributed by atoms with E-state index in [1.165, 1.54) is 12.1 Å². The van der Waals surface area contributed by atoms with E-state index in [-0.39, 0.29) is 6.03 Å². The van der Waals surface area contributed by atoms with Crippen molar-refractivity contribution in [3.05, 3.63) is 59.9 Å². The van der Waals surface area contributed by atoms with Gasteiger partial charge in [0.25, 0.3) is 0 Å². The molecule has 1 saturated heterocycles. The number of piperazine rings is 1. The molecule has 27 heavy (non-hydrogen) atoms. The van der Waals surface area contributed by atoms with Crippen LogP contribution in [0.15, 0.2) is 48.8 Å². The van der Waals surface area contributed by atoms with Gasteiger partial charge in [0.15, 0.2) is 0 Å². The Labute approximate surface area is 155 Å². The van der Waals surface area contributed by atoms with E-state index in [1.54, 1.807) is 17.3 Å². The van der Waals surface area contributed by atoms with Crippen LogP contribution in [0.3, 0.4) is 0 Å². The molecule has 144 valence electrons. The van der Waals surface area contributed by atoms with Gasteiger partial charge in [-0.2, -0.15) is 13.2 Å². The molecule has 2 heterocycles. The molecule has 0 aliphatic carbocycles. The van der Waals surface area contributed by atoms with E-state index in [2.05, 4.69) is 15.2 Å². The van der Waals surface area contributed by atoms with Gasteiger partial charge in [0, 0.05) is 50.8 Å². The summed E-state index contributed by atoms with van der Waals surface area (Å²) in [6.45, 7) is 3.12. The molecule has 1 fully saturated rings. The first-order valence-electron chi connectivity index (χ1n) is 8.77. The van der Waals surface area contributed by atoms with Crippen molar-refractivity contribution in [2.24, 2.45) is 0 Å². The molecule has 1 aliphatic rings. The second-order valence-corrected chi connectivity index (χ2v) is 6.36. The quantitative estimate of drug-likeness (QED) is 0.889. The molecule has 0 atom stereocenters. The normalized spacial score (nSPS) is 14.9. The molecule has 1 aliphatic heterocycles. The Morgan fingerprint density at radius 1 is 1.00 bits per heavy atom. The van der Waals surface area contributed by atoms with Crippen LogP contribution in [0.4, 0.5) is 23.7 Å². The maximum Gasteiger partial charge on any atom is 0.416 e. The molecule has 0 radical (unpaired) electrons. The van der Waals surface area contributed by atoms with Gasteiger partial charge in [-0.15, -0.1) is 0 Å². The number of benzene rings is 1. The van der Waals surface area contributed by atoms with Crippen molar-refractivity contribution in [2.75, 3.05) is 37.6 Å². The molecular weight excluding hydrogens is 357 g/mol. The van der Waals surface area contributed by atoms with Gasteiger partial charge in [-0.25, -0.2) is 4.79 Å². The number of aromatic nitrogens is 1. The second-order valence-electron chi connectivity index (χ2n) is 6.36. The van der Waals surface area contributed by atoms with Gasteiger partial charge in [0.1, 0.15) is 0 Å². The van der Waals surface area contributed by atoms with Crippen molar-refractivity contribution >= 4 is 11.7 Å². The van der Waals surface area contributed by atoms with Crippen LogP contribution < -0.4 is 10.2 Å². The molecule has 1 aromatic carbocycles. The Kier molecular flexibility index (Phi) is 5.83. The molecule has 5 nitrogen and oxygen atoms in total. The molecule has 8 heteroatoms. The third-order valence-electron chi connectivity index (χ3n) is 4.57. The first-order valence-corrected chi connectivity index (χ1v) is 8.77. The van der Waals surface area contributed by atoms with Crippen LogP contribution in [0.5, 0.6) is 0 Å². The number of hydrogen-bond donors (Lipinski definition) is 1. The summed E-state index contributed by atoms with van der Waals surface area (Å²) in [4.78, 5) is 20.2. The van der Waals surface area contributed by atoms with E-state index in [0.717, 1.165) is 36.5 Å². The van der Waals surface area contributed by atoms with Crippen LogP contribution >= 0.6 is 0 Å². The lowest BCUT2D eigenvalue weighted by Gasteiger charge is -2.36. The Morgan fingerprint density at radius 2 is 1.63 bits per heavy atom. The molecule has 3 rings (SSSR count). The number of carbonyl (C=O) groups excluding carboxylic acids is 1. The Balaban J connectivity index is 1.41. The number of nitrogens with one attached hydrogen (secondary N) is 1. The number of hydrogen-bond acceptors (Lipinski definition) is 3. The summed E-state index contributed by atoms with van der Waals surface area (Å²) in [5.41, 5.74) is 1.18. The summed E-state index contributed by atoms with van der Waals surface area (Å²) in [5, 5.41) is 2.84. The highest BCUT2D eigenvalue weighted by atomic mass is 19.4. The summed E-state index contributed by atoms with van der Waals surface area (Å²) in [6, 6.07) is 8.77. The van der Waals surface area contributed by atoms with Crippen LogP contribution in [0.1, 0.15) is 11.1 Å². The lowest BCUT2D eigenvalue weighted by atomic mass is 10.1. The largest absolute Gasteiger partial charge is 0.416 e. The highest BCUT2D eigenvalue weighted by Gasteiger charge is 2.29. The van der Waals surface area contributed by atoms with Crippen LogP contribution in [-0.4, -0.2) is 48.6 Å². The first-order chi connectivity index (χ1) is 12.9. The van der Waals surface area contributed by atoms with Crippen molar-refractivity contribution in [3.63, 3.8) is 0 Å². The van der Waals surface area contributed by atoms with Gasteiger partial charge in [0.2, 0.25) is 0 Å². The highest BCUT2D eigenvalue weighted by molar-refractivity contribution is 5.74. The minimum Gasteiger partial charge on any atom is -0.368 e. The molecule has 1 N–H and O–H groups in total. The van der Waals surface area contributed by atoms with E-state index in [4.69, 9.17) is 0 Å². The molecule has 0 unspecified atom stereocenters. The van der Waals surface area contributed by atoms with Crippen molar-refractivity contribution in [3.8, 4) is 0 Å². The summed E-state index contributed by atoms with van der Waals surface area (Å²) in [6.07, 6.45) is -0.350. The molecule has 2 amide bonds. The summed E-state index contributed by atoms with van der Waals surface area (Å²) in [7, 11) is 0. The van der Waals surface area contributed by atoms with Gasteiger partial charge >= 0.3 is 12.2 Å². The number of halogens is 3. The van der Waals surface area contributed by atoms with Crippen molar-refractivity contribution in [1.29, 1.82) is 0 Å². The zero-order valence-corrected chi connectivity index (χ0v) is 14.7. The standard InChI is InChI=1S/C19H21F3N4O/c20-19(21,22)16-3-1-15(2-4-16)5-10-24-18(27)26-13-11-25(12-14-26)17-6-8-23-9-7-17/h1-4,6-9H,5,10-14H2,(H,24,27). The zero-order chi connectivity index (χ0) is 19.3. The van der Waals surface area contributed by atoms with E-state index < -0.39 is 11.7 Å². The van der Waals surface area contributed by atoms with Gasteiger partial charge < -0.3 is 15.1 Å². The lowest BCUT2D eigenvalue weighted by Crippen LogP contribution is -2.52. The summed E-state index contributed by atoms with van der Waals surface area (Å²) in [5.74, 6) is 0. The number of anilines is 1. The Morgan fingerprint density at radius 3 is 2.22 bits per heavy atom. The maximum absolute atomic E-state index is 12.6. The molecule has 2 aromatic rings. The third-order valence-corrected chi connectivity index (χ3v) is 4.57.